The molecule has 0 saturated carbocycles. The van der Waals surface area contributed by atoms with Crippen LogP contribution in [0.3, 0.4) is 0 Å². The number of aromatic nitrogens is 1. The van der Waals surface area contributed by atoms with Gasteiger partial charge in [0.25, 0.3) is 5.91 Å². The second kappa shape index (κ2) is 6.45. The summed E-state index contributed by atoms with van der Waals surface area (Å²) in [6, 6.07) is 7.46. The molecule has 6 heteroatoms. The van der Waals surface area contributed by atoms with E-state index in [0.717, 1.165) is 16.9 Å². The normalized spacial score (nSPS) is 10.2. The molecule has 1 heterocycles. The summed E-state index contributed by atoms with van der Waals surface area (Å²) in [6.45, 7) is 2.48. The summed E-state index contributed by atoms with van der Waals surface area (Å²) in [5.74, 6) is 0.215. The highest BCUT2D eigenvalue weighted by atomic mass is 35.5. The van der Waals surface area contributed by atoms with Gasteiger partial charge in [0.05, 0.1) is 18.4 Å². The van der Waals surface area contributed by atoms with Crippen molar-refractivity contribution >= 4 is 23.2 Å². The molecule has 110 valence electrons. The van der Waals surface area contributed by atoms with Crippen LogP contribution in [0.1, 0.15) is 21.5 Å². The molecular weight excluding hydrogens is 290 g/mol. The van der Waals surface area contributed by atoms with E-state index in [2.05, 4.69) is 10.3 Å². The fourth-order valence-corrected chi connectivity index (χ4v) is 2.17. The molecule has 0 aliphatic heterocycles. The third-order valence-electron chi connectivity index (χ3n) is 3.04. The minimum atomic E-state index is -0.558. The topological polar surface area (TPSA) is 77.2 Å². The number of carbonyl (C=O) groups excluding carboxylic acids is 1. The fourth-order valence-electron chi connectivity index (χ4n) is 2.01. The Balaban J connectivity index is 2.26. The average molecular weight is 306 g/mol. The number of halogens is 1. The molecule has 21 heavy (non-hydrogen) atoms. The van der Waals surface area contributed by atoms with E-state index >= 15 is 0 Å². The number of nitrogens with two attached hydrogens (primary N) is 1. The van der Waals surface area contributed by atoms with Crippen molar-refractivity contribution in [1.29, 1.82) is 0 Å². The van der Waals surface area contributed by atoms with Crippen molar-refractivity contribution in [2.45, 2.75) is 13.5 Å². The zero-order valence-electron chi connectivity index (χ0n) is 11.8. The predicted molar refractivity (Wildman–Crippen MR) is 82.8 cm³/mol. The van der Waals surface area contributed by atoms with E-state index in [9.17, 15) is 4.79 Å². The van der Waals surface area contributed by atoms with E-state index in [4.69, 9.17) is 22.1 Å². The van der Waals surface area contributed by atoms with Crippen LogP contribution in [-0.2, 0) is 6.54 Å². The quantitative estimate of drug-likeness (QED) is 0.833. The van der Waals surface area contributed by atoms with Crippen LogP contribution >= 0.6 is 11.6 Å². The number of primary amides is 1. The van der Waals surface area contributed by atoms with Crippen LogP contribution in [0.2, 0.25) is 5.15 Å². The Labute approximate surface area is 128 Å². The van der Waals surface area contributed by atoms with Crippen LogP contribution in [0, 0.1) is 6.92 Å². The van der Waals surface area contributed by atoms with Gasteiger partial charge in [-0.15, -0.1) is 0 Å². The van der Waals surface area contributed by atoms with Crippen molar-refractivity contribution in [3.8, 4) is 5.75 Å². The number of hydrogen-bond acceptors (Lipinski definition) is 4. The number of carbonyl (C=O) groups is 1. The largest absolute Gasteiger partial charge is 0.496 e. The Morgan fingerprint density at radius 1 is 1.43 bits per heavy atom. The number of ether oxygens (including phenoxy) is 1. The lowest BCUT2D eigenvalue weighted by Crippen LogP contribution is -2.15. The van der Waals surface area contributed by atoms with Crippen molar-refractivity contribution in [1.82, 2.24) is 4.98 Å². The van der Waals surface area contributed by atoms with Crippen molar-refractivity contribution < 1.29 is 9.53 Å². The van der Waals surface area contributed by atoms with Gasteiger partial charge < -0.3 is 15.8 Å². The Morgan fingerprint density at radius 2 is 2.19 bits per heavy atom. The van der Waals surface area contributed by atoms with E-state index < -0.39 is 5.91 Å². The Bertz CT molecular complexity index is 674. The Hall–Kier alpha value is -2.27. The number of nitrogens with one attached hydrogen (secondary N) is 1. The lowest BCUT2D eigenvalue weighted by Gasteiger charge is -2.13. The first-order chi connectivity index (χ1) is 10.0. The van der Waals surface area contributed by atoms with Crippen LogP contribution in [0.25, 0.3) is 0 Å². The van der Waals surface area contributed by atoms with Gasteiger partial charge in [0, 0.05) is 18.3 Å². The van der Waals surface area contributed by atoms with Crippen LogP contribution in [-0.4, -0.2) is 18.0 Å². The Kier molecular flexibility index (Phi) is 4.65. The third-order valence-corrected chi connectivity index (χ3v) is 3.25. The molecule has 2 aromatic rings. The van der Waals surface area contributed by atoms with Crippen LogP contribution in [0.4, 0.5) is 5.69 Å². The minimum Gasteiger partial charge on any atom is -0.496 e. The zero-order chi connectivity index (χ0) is 15.4. The number of pyridine rings is 1. The van der Waals surface area contributed by atoms with Gasteiger partial charge >= 0.3 is 0 Å². The molecule has 0 atom stereocenters. The van der Waals surface area contributed by atoms with E-state index in [1.165, 1.54) is 6.20 Å². The number of rotatable bonds is 5. The maximum Gasteiger partial charge on any atom is 0.252 e. The molecule has 0 bridgehead atoms. The highest BCUT2D eigenvalue weighted by Gasteiger charge is 2.11. The second-order valence-electron chi connectivity index (χ2n) is 4.59. The molecule has 1 aromatic carbocycles. The summed E-state index contributed by atoms with van der Waals surface area (Å²) < 4.78 is 5.32. The minimum absolute atomic E-state index is 0.290. The number of amides is 1. The average Bonchev–Trinajstić information content (AvgIpc) is 2.45. The molecule has 1 aromatic heterocycles. The fraction of sp³-hybridized carbons (Fsp3) is 0.200. The van der Waals surface area contributed by atoms with Gasteiger partial charge in [0.15, 0.2) is 0 Å². The van der Waals surface area contributed by atoms with Crippen LogP contribution < -0.4 is 15.8 Å². The van der Waals surface area contributed by atoms with Crippen molar-refractivity contribution in [3.05, 3.63) is 52.3 Å². The van der Waals surface area contributed by atoms with Crippen LogP contribution in [0.15, 0.2) is 30.5 Å². The SMILES string of the molecule is COc1ccc(C)cc1CNc1cc(Cl)ncc1C(N)=O. The summed E-state index contributed by atoms with van der Waals surface area (Å²) in [5.41, 5.74) is 8.27. The first-order valence-electron chi connectivity index (χ1n) is 6.34. The molecule has 0 fully saturated rings. The maximum atomic E-state index is 11.4. The van der Waals surface area contributed by atoms with Gasteiger partial charge in [-0.3, -0.25) is 4.79 Å². The van der Waals surface area contributed by atoms with E-state index in [-0.39, 0.29) is 0 Å². The number of nitrogens with zero attached hydrogens (tertiary/aromatic N) is 1. The van der Waals surface area contributed by atoms with Gasteiger partial charge in [0.2, 0.25) is 0 Å². The van der Waals surface area contributed by atoms with E-state index in [1.807, 2.05) is 25.1 Å². The third kappa shape index (κ3) is 3.64. The number of benzene rings is 1. The lowest BCUT2D eigenvalue weighted by molar-refractivity contribution is 0.100. The molecule has 0 aliphatic carbocycles. The molecule has 0 spiro atoms. The van der Waals surface area contributed by atoms with E-state index in [0.29, 0.717) is 22.9 Å². The summed E-state index contributed by atoms with van der Waals surface area (Å²) in [6.07, 6.45) is 1.36. The maximum absolute atomic E-state index is 11.4. The van der Waals surface area contributed by atoms with Crippen molar-refractivity contribution in [2.24, 2.45) is 5.73 Å². The summed E-state index contributed by atoms with van der Waals surface area (Å²) in [5, 5.41) is 3.44. The number of methoxy groups -OCH3 is 1. The molecule has 5 nitrogen and oxygen atoms in total. The molecule has 3 N–H and O–H groups in total. The van der Waals surface area contributed by atoms with Gasteiger partial charge in [0.1, 0.15) is 10.9 Å². The summed E-state index contributed by atoms with van der Waals surface area (Å²) in [4.78, 5) is 15.3. The molecule has 0 unspecified atom stereocenters. The van der Waals surface area contributed by atoms with Crippen molar-refractivity contribution in [3.63, 3.8) is 0 Å². The van der Waals surface area contributed by atoms with Crippen LogP contribution in [0.5, 0.6) is 5.75 Å². The van der Waals surface area contributed by atoms with Gasteiger partial charge in [-0.05, 0) is 19.1 Å². The molecule has 0 saturated heterocycles. The lowest BCUT2D eigenvalue weighted by atomic mass is 10.1. The first kappa shape index (κ1) is 15.1. The van der Waals surface area contributed by atoms with E-state index in [1.54, 1.807) is 13.2 Å². The van der Waals surface area contributed by atoms with Gasteiger partial charge in [-0.2, -0.15) is 0 Å². The number of aryl methyl sites for hydroxylation is 1. The second-order valence-corrected chi connectivity index (χ2v) is 4.97. The summed E-state index contributed by atoms with van der Waals surface area (Å²) >= 11 is 5.86. The van der Waals surface area contributed by atoms with Crippen molar-refractivity contribution in [2.75, 3.05) is 12.4 Å². The zero-order valence-corrected chi connectivity index (χ0v) is 12.6. The number of anilines is 1. The molecule has 0 aliphatic rings. The number of hydrogen-bond donors (Lipinski definition) is 2. The highest BCUT2D eigenvalue weighted by Crippen LogP contribution is 2.23. The Morgan fingerprint density at radius 3 is 2.86 bits per heavy atom. The van der Waals surface area contributed by atoms with Gasteiger partial charge in [-0.25, -0.2) is 4.98 Å². The smallest absolute Gasteiger partial charge is 0.252 e. The summed E-state index contributed by atoms with van der Waals surface area (Å²) in [7, 11) is 1.62. The monoisotopic (exact) mass is 305 g/mol. The molecule has 2 rings (SSSR count). The molecule has 1 amide bonds. The molecular formula is C15H16ClN3O2. The van der Waals surface area contributed by atoms with Gasteiger partial charge in [-0.1, -0.05) is 29.3 Å². The predicted octanol–water partition coefficient (Wildman–Crippen LogP) is 2.76. The first-order valence-corrected chi connectivity index (χ1v) is 6.72. The highest BCUT2D eigenvalue weighted by molar-refractivity contribution is 6.29. The molecule has 0 radical (unpaired) electrons. The standard InChI is InChI=1S/C15H16ClN3O2/c1-9-3-4-13(21-2)10(5-9)7-18-12-6-14(16)19-8-11(12)15(17)20/h3-6,8H,7H2,1-2H3,(H2,17,20)(H,18,19).